The van der Waals surface area contributed by atoms with Crippen molar-refractivity contribution in [1.82, 2.24) is 9.55 Å². The minimum Gasteiger partial charge on any atom is -0.477 e. The van der Waals surface area contributed by atoms with Crippen LogP contribution in [0.15, 0.2) is 71.7 Å². The molecule has 1 aromatic carbocycles. The zero-order valence-corrected chi connectivity index (χ0v) is 12.2. The molecule has 0 aliphatic rings. The molecule has 0 bridgehead atoms. The van der Waals surface area contributed by atoms with Gasteiger partial charge in [0.25, 0.3) is 5.56 Å². The molecule has 2 heterocycles. The molecule has 0 aliphatic heterocycles. The third kappa shape index (κ3) is 3.03. The van der Waals surface area contributed by atoms with Gasteiger partial charge in [0.15, 0.2) is 0 Å². The number of carboxylic acids is 1. The predicted octanol–water partition coefficient (Wildman–Crippen LogP) is 2.66. The number of hydrogen-bond acceptors (Lipinski definition) is 3. The lowest BCUT2D eigenvalue weighted by molar-refractivity contribution is 0.0694. The van der Waals surface area contributed by atoms with Crippen LogP contribution in [0, 0.1) is 0 Å². The molecule has 1 N–H and O–H groups in total. The Hall–Kier alpha value is -3.21. The fourth-order valence-corrected chi connectivity index (χ4v) is 2.40. The summed E-state index contributed by atoms with van der Waals surface area (Å²) < 4.78 is 1.45. The number of rotatable bonds is 4. The minimum absolute atomic E-state index is 0.249. The molecule has 3 rings (SSSR count). The molecular formula is C18H14N2O3. The smallest absolute Gasteiger partial charge is 0.341 e. The summed E-state index contributed by atoms with van der Waals surface area (Å²) in [5.74, 6) is -1.23. The highest BCUT2D eigenvalue weighted by atomic mass is 16.4. The van der Waals surface area contributed by atoms with Crippen molar-refractivity contribution >= 4 is 5.97 Å². The van der Waals surface area contributed by atoms with Crippen LogP contribution in [0.25, 0.3) is 11.4 Å². The highest BCUT2D eigenvalue weighted by Crippen LogP contribution is 2.17. The Kier molecular flexibility index (Phi) is 4.01. The molecule has 0 saturated carbocycles. The summed E-state index contributed by atoms with van der Waals surface area (Å²) in [5, 5.41) is 9.19. The Morgan fingerprint density at radius 3 is 2.39 bits per heavy atom. The van der Waals surface area contributed by atoms with Gasteiger partial charge in [0.1, 0.15) is 5.56 Å². The summed E-state index contributed by atoms with van der Waals surface area (Å²) >= 11 is 0. The molecule has 3 aromatic rings. The van der Waals surface area contributed by atoms with Gasteiger partial charge in [-0.25, -0.2) is 4.79 Å². The Morgan fingerprint density at radius 2 is 1.74 bits per heavy atom. The normalized spacial score (nSPS) is 10.4. The second-order valence-electron chi connectivity index (χ2n) is 5.03. The van der Waals surface area contributed by atoms with Crippen LogP contribution in [-0.4, -0.2) is 20.6 Å². The number of hydrogen-bond donors (Lipinski definition) is 1. The van der Waals surface area contributed by atoms with E-state index in [1.807, 2.05) is 36.4 Å². The van der Waals surface area contributed by atoms with Gasteiger partial charge in [0.05, 0.1) is 17.9 Å². The van der Waals surface area contributed by atoms with Gasteiger partial charge in [-0.3, -0.25) is 9.78 Å². The average Bonchev–Trinajstić information content (AvgIpc) is 2.58. The zero-order valence-electron chi connectivity index (χ0n) is 12.2. The Labute approximate surface area is 132 Å². The molecule has 0 fully saturated rings. The predicted molar refractivity (Wildman–Crippen MR) is 86.4 cm³/mol. The fourth-order valence-electron chi connectivity index (χ4n) is 2.40. The van der Waals surface area contributed by atoms with Crippen LogP contribution in [0.3, 0.4) is 0 Å². The molecule has 114 valence electrons. The Balaban J connectivity index is 2.18. The maximum Gasteiger partial charge on any atom is 0.341 e. The molecule has 0 saturated heterocycles. The SMILES string of the molecule is O=C(O)c1ccc(-c2ccccn2)n(Cc2ccccc2)c1=O. The topological polar surface area (TPSA) is 72.2 Å². The zero-order chi connectivity index (χ0) is 16.2. The van der Waals surface area contributed by atoms with Gasteiger partial charge < -0.3 is 9.67 Å². The molecule has 2 aromatic heterocycles. The van der Waals surface area contributed by atoms with E-state index in [1.54, 1.807) is 24.4 Å². The van der Waals surface area contributed by atoms with Crippen molar-refractivity contribution in [2.45, 2.75) is 6.54 Å². The van der Waals surface area contributed by atoms with Gasteiger partial charge in [-0.05, 0) is 29.8 Å². The van der Waals surface area contributed by atoms with Crippen LogP contribution in [0.4, 0.5) is 0 Å². The van der Waals surface area contributed by atoms with Gasteiger partial charge in [-0.1, -0.05) is 36.4 Å². The van der Waals surface area contributed by atoms with Crippen molar-refractivity contribution < 1.29 is 9.90 Å². The Morgan fingerprint density at radius 1 is 1.00 bits per heavy atom. The van der Waals surface area contributed by atoms with E-state index >= 15 is 0 Å². The molecule has 0 spiro atoms. The molecule has 5 heteroatoms. The first-order chi connectivity index (χ1) is 11.2. The van der Waals surface area contributed by atoms with Crippen LogP contribution in [0.5, 0.6) is 0 Å². The summed E-state index contributed by atoms with van der Waals surface area (Å²) in [4.78, 5) is 28.1. The van der Waals surface area contributed by atoms with Gasteiger partial charge in [-0.15, -0.1) is 0 Å². The van der Waals surface area contributed by atoms with E-state index in [9.17, 15) is 14.7 Å². The monoisotopic (exact) mass is 306 g/mol. The van der Waals surface area contributed by atoms with Crippen molar-refractivity contribution in [2.24, 2.45) is 0 Å². The third-order valence-corrected chi connectivity index (χ3v) is 3.52. The highest BCUT2D eigenvalue weighted by molar-refractivity contribution is 5.87. The van der Waals surface area contributed by atoms with Crippen molar-refractivity contribution in [3.05, 3.63) is 88.3 Å². The first kappa shape index (κ1) is 14.7. The van der Waals surface area contributed by atoms with Crippen LogP contribution in [0.2, 0.25) is 0 Å². The largest absolute Gasteiger partial charge is 0.477 e. The molecule has 0 atom stereocenters. The molecular weight excluding hydrogens is 292 g/mol. The molecule has 0 radical (unpaired) electrons. The van der Waals surface area contributed by atoms with Crippen LogP contribution < -0.4 is 5.56 Å². The molecule has 0 aliphatic carbocycles. The lowest BCUT2D eigenvalue weighted by Crippen LogP contribution is -2.28. The van der Waals surface area contributed by atoms with Crippen LogP contribution >= 0.6 is 0 Å². The van der Waals surface area contributed by atoms with E-state index in [1.165, 1.54) is 10.6 Å². The third-order valence-electron chi connectivity index (χ3n) is 3.52. The van der Waals surface area contributed by atoms with E-state index in [-0.39, 0.29) is 12.1 Å². The summed E-state index contributed by atoms with van der Waals surface area (Å²) in [7, 11) is 0. The van der Waals surface area contributed by atoms with Gasteiger partial charge >= 0.3 is 5.97 Å². The van der Waals surface area contributed by atoms with E-state index in [0.29, 0.717) is 11.4 Å². The maximum atomic E-state index is 12.6. The lowest BCUT2D eigenvalue weighted by atomic mass is 10.1. The molecule has 0 amide bonds. The van der Waals surface area contributed by atoms with Crippen LogP contribution in [-0.2, 0) is 6.54 Å². The lowest BCUT2D eigenvalue weighted by Gasteiger charge is -2.13. The quantitative estimate of drug-likeness (QED) is 0.804. The number of nitrogens with zero attached hydrogens (tertiary/aromatic N) is 2. The van der Waals surface area contributed by atoms with Crippen molar-refractivity contribution in [1.29, 1.82) is 0 Å². The van der Waals surface area contributed by atoms with Crippen molar-refractivity contribution in [2.75, 3.05) is 0 Å². The summed E-state index contributed by atoms with van der Waals surface area (Å²) in [6.07, 6.45) is 1.64. The number of carbonyl (C=O) groups is 1. The minimum atomic E-state index is -1.23. The standard InChI is InChI=1S/C18H14N2O3/c21-17-14(18(22)23)9-10-16(15-8-4-5-11-19-15)20(17)12-13-6-2-1-3-7-13/h1-11H,12H2,(H,22,23). The van der Waals surface area contributed by atoms with Crippen molar-refractivity contribution in [3.63, 3.8) is 0 Å². The number of aromatic nitrogens is 2. The van der Waals surface area contributed by atoms with Gasteiger partial charge in [0.2, 0.25) is 0 Å². The second kappa shape index (κ2) is 6.27. The van der Waals surface area contributed by atoms with Crippen molar-refractivity contribution in [3.8, 4) is 11.4 Å². The summed E-state index contributed by atoms with van der Waals surface area (Å²) in [6.45, 7) is 0.284. The average molecular weight is 306 g/mol. The number of benzene rings is 1. The molecule has 5 nitrogen and oxygen atoms in total. The number of aromatic carboxylic acids is 1. The number of carboxylic acid groups (broad SMARTS) is 1. The van der Waals surface area contributed by atoms with Crippen LogP contribution in [0.1, 0.15) is 15.9 Å². The first-order valence-corrected chi connectivity index (χ1v) is 7.09. The first-order valence-electron chi connectivity index (χ1n) is 7.09. The van der Waals surface area contributed by atoms with E-state index in [4.69, 9.17) is 0 Å². The van der Waals surface area contributed by atoms with E-state index < -0.39 is 11.5 Å². The Bertz CT molecular complexity index is 887. The van der Waals surface area contributed by atoms with Gasteiger partial charge in [0, 0.05) is 6.20 Å². The second-order valence-corrected chi connectivity index (χ2v) is 5.03. The summed E-state index contributed by atoms with van der Waals surface area (Å²) in [5.41, 5.74) is 1.33. The van der Waals surface area contributed by atoms with E-state index in [0.717, 1.165) is 5.56 Å². The number of pyridine rings is 2. The van der Waals surface area contributed by atoms with E-state index in [2.05, 4.69) is 4.98 Å². The molecule has 0 unspecified atom stereocenters. The fraction of sp³-hybridized carbons (Fsp3) is 0.0556. The highest BCUT2D eigenvalue weighted by Gasteiger charge is 2.15. The summed E-state index contributed by atoms with van der Waals surface area (Å²) in [6, 6.07) is 17.8. The van der Waals surface area contributed by atoms with Gasteiger partial charge in [-0.2, -0.15) is 0 Å². The molecule has 23 heavy (non-hydrogen) atoms. The maximum absolute atomic E-state index is 12.6.